The maximum atomic E-state index is 10.6. The monoisotopic (exact) mass is 185 g/mol. The predicted molar refractivity (Wildman–Crippen MR) is 51.7 cm³/mol. The molecule has 3 nitrogen and oxygen atoms in total. The van der Waals surface area contributed by atoms with E-state index in [4.69, 9.17) is 5.11 Å². The average molecular weight is 185 g/mol. The molecular weight excluding hydrogens is 166 g/mol. The zero-order valence-corrected chi connectivity index (χ0v) is 8.25. The number of carbonyl (C=O) groups is 1. The zero-order valence-electron chi connectivity index (χ0n) is 8.25. The minimum Gasteiger partial charge on any atom is -0.481 e. The molecule has 76 valence electrons. The molecule has 0 saturated heterocycles. The Bertz CT molecular complexity index is 170. The van der Waals surface area contributed by atoms with Crippen molar-refractivity contribution >= 4 is 5.97 Å². The summed E-state index contributed by atoms with van der Waals surface area (Å²) in [5.41, 5.74) is 0. The lowest BCUT2D eigenvalue weighted by atomic mass is 9.79. The standard InChI is InChI=1S/C10H19NO2/c1-2-3-4-7-11-9-6-5-8(9)10(12)13/h8-9,11H,2-7H2,1H3,(H,12,13). The van der Waals surface area contributed by atoms with Gasteiger partial charge in [-0.15, -0.1) is 0 Å². The van der Waals surface area contributed by atoms with Crippen LogP contribution in [0.2, 0.25) is 0 Å². The molecule has 2 atom stereocenters. The van der Waals surface area contributed by atoms with Gasteiger partial charge in [0.25, 0.3) is 0 Å². The highest BCUT2D eigenvalue weighted by Gasteiger charge is 2.35. The van der Waals surface area contributed by atoms with Crippen molar-refractivity contribution in [2.75, 3.05) is 6.54 Å². The smallest absolute Gasteiger partial charge is 0.308 e. The minimum absolute atomic E-state index is 0.123. The van der Waals surface area contributed by atoms with Crippen molar-refractivity contribution in [1.82, 2.24) is 5.32 Å². The van der Waals surface area contributed by atoms with Crippen LogP contribution in [-0.2, 0) is 4.79 Å². The SMILES string of the molecule is CCCCCNC1CCC1C(=O)O. The molecule has 0 radical (unpaired) electrons. The fourth-order valence-corrected chi connectivity index (χ4v) is 1.70. The highest BCUT2D eigenvalue weighted by atomic mass is 16.4. The maximum absolute atomic E-state index is 10.6. The van der Waals surface area contributed by atoms with Crippen LogP contribution in [0.1, 0.15) is 39.0 Å². The first-order valence-electron chi connectivity index (χ1n) is 5.22. The Kier molecular flexibility index (Phi) is 4.22. The van der Waals surface area contributed by atoms with Crippen molar-refractivity contribution in [3.63, 3.8) is 0 Å². The molecule has 1 fully saturated rings. The Labute approximate surface area is 79.5 Å². The van der Waals surface area contributed by atoms with E-state index in [1.54, 1.807) is 0 Å². The summed E-state index contributed by atoms with van der Waals surface area (Å²) in [5.74, 6) is -0.763. The van der Waals surface area contributed by atoms with E-state index in [1.807, 2.05) is 0 Å². The Morgan fingerprint density at radius 2 is 2.23 bits per heavy atom. The normalized spacial score (nSPS) is 26.8. The molecule has 0 aliphatic heterocycles. The molecule has 1 rings (SSSR count). The highest BCUT2D eigenvalue weighted by molar-refractivity contribution is 5.72. The summed E-state index contributed by atoms with van der Waals surface area (Å²) in [6.07, 6.45) is 5.50. The molecule has 0 bridgehead atoms. The lowest BCUT2D eigenvalue weighted by molar-refractivity contribution is -0.146. The van der Waals surface area contributed by atoms with E-state index in [2.05, 4.69) is 12.2 Å². The van der Waals surface area contributed by atoms with Gasteiger partial charge >= 0.3 is 5.97 Å². The second kappa shape index (κ2) is 5.22. The van der Waals surface area contributed by atoms with Crippen molar-refractivity contribution in [2.45, 2.75) is 45.1 Å². The van der Waals surface area contributed by atoms with Crippen molar-refractivity contribution < 1.29 is 9.90 Å². The summed E-state index contributed by atoms with van der Waals surface area (Å²) in [6.45, 7) is 3.14. The quantitative estimate of drug-likeness (QED) is 0.618. The van der Waals surface area contributed by atoms with Crippen molar-refractivity contribution in [1.29, 1.82) is 0 Å². The van der Waals surface area contributed by atoms with Crippen LogP contribution < -0.4 is 5.32 Å². The van der Waals surface area contributed by atoms with Crippen LogP contribution in [-0.4, -0.2) is 23.7 Å². The molecule has 13 heavy (non-hydrogen) atoms. The van der Waals surface area contributed by atoms with Crippen LogP contribution in [0, 0.1) is 5.92 Å². The largest absolute Gasteiger partial charge is 0.481 e. The predicted octanol–water partition coefficient (Wildman–Crippen LogP) is 1.63. The Morgan fingerprint density at radius 3 is 2.69 bits per heavy atom. The van der Waals surface area contributed by atoms with Crippen molar-refractivity contribution in [2.24, 2.45) is 5.92 Å². The van der Waals surface area contributed by atoms with Gasteiger partial charge in [-0.25, -0.2) is 0 Å². The number of carboxylic acid groups (broad SMARTS) is 1. The van der Waals surface area contributed by atoms with Gasteiger partial charge in [0.15, 0.2) is 0 Å². The molecule has 0 heterocycles. The number of unbranched alkanes of at least 4 members (excludes halogenated alkanes) is 2. The molecular formula is C10H19NO2. The second-order valence-corrected chi connectivity index (χ2v) is 3.79. The third-order valence-electron chi connectivity index (χ3n) is 2.78. The van der Waals surface area contributed by atoms with E-state index in [0.717, 1.165) is 19.4 Å². The van der Waals surface area contributed by atoms with E-state index < -0.39 is 5.97 Å². The second-order valence-electron chi connectivity index (χ2n) is 3.79. The molecule has 1 saturated carbocycles. The summed E-state index contributed by atoms with van der Waals surface area (Å²) in [4.78, 5) is 10.6. The van der Waals surface area contributed by atoms with E-state index >= 15 is 0 Å². The summed E-state index contributed by atoms with van der Waals surface area (Å²) >= 11 is 0. The Morgan fingerprint density at radius 1 is 1.46 bits per heavy atom. The van der Waals surface area contributed by atoms with Gasteiger partial charge in [0.05, 0.1) is 5.92 Å². The molecule has 1 aliphatic rings. The number of nitrogens with one attached hydrogen (secondary N) is 1. The molecule has 2 N–H and O–H groups in total. The van der Waals surface area contributed by atoms with Crippen molar-refractivity contribution in [3.05, 3.63) is 0 Å². The Balaban J connectivity index is 2.05. The third kappa shape index (κ3) is 2.99. The molecule has 3 heteroatoms. The van der Waals surface area contributed by atoms with Gasteiger partial charge < -0.3 is 10.4 Å². The molecule has 0 amide bonds. The topological polar surface area (TPSA) is 49.3 Å². The zero-order chi connectivity index (χ0) is 9.68. The molecule has 0 aromatic carbocycles. The summed E-state index contributed by atoms with van der Waals surface area (Å²) in [7, 11) is 0. The fourth-order valence-electron chi connectivity index (χ4n) is 1.70. The minimum atomic E-state index is -0.640. The van der Waals surface area contributed by atoms with Crippen LogP contribution in [0.5, 0.6) is 0 Å². The summed E-state index contributed by atoms with van der Waals surface area (Å²) in [6, 6.07) is 0.245. The first-order chi connectivity index (χ1) is 6.25. The molecule has 0 spiro atoms. The van der Waals surface area contributed by atoms with E-state index in [9.17, 15) is 4.79 Å². The van der Waals surface area contributed by atoms with E-state index in [-0.39, 0.29) is 12.0 Å². The van der Waals surface area contributed by atoms with E-state index in [0.29, 0.717) is 0 Å². The average Bonchev–Trinajstić information content (AvgIpc) is 2.01. The van der Waals surface area contributed by atoms with Gasteiger partial charge in [0.1, 0.15) is 0 Å². The van der Waals surface area contributed by atoms with Crippen LogP contribution in [0.25, 0.3) is 0 Å². The number of aliphatic carboxylic acids is 1. The van der Waals surface area contributed by atoms with Gasteiger partial charge in [-0.05, 0) is 25.8 Å². The third-order valence-corrected chi connectivity index (χ3v) is 2.78. The summed E-state index contributed by atoms with van der Waals surface area (Å²) < 4.78 is 0. The molecule has 1 aliphatic carbocycles. The van der Waals surface area contributed by atoms with E-state index in [1.165, 1.54) is 19.3 Å². The maximum Gasteiger partial charge on any atom is 0.308 e. The number of rotatable bonds is 6. The summed E-state index contributed by atoms with van der Waals surface area (Å²) in [5, 5.41) is 12.1. The van der Waals surface area contributed by atoms with Gasteiger partial charge in [-0.2, -0.15) is 0 Å². The van der Waals surface area contributed by atoms with Gasteiger partial charge in [-0.1, -0.05) is 19.8 Å². The van der Waals surface area contributed by atoms with Crippen LogP contribution in [0.3, 0.4) is 0 Å². The Hall–Kier alpha value is -0.570. The number of carboxylic acids is 1. The lowest BCUT2D eigenvalue weighted by Crippen LogP contribution is -2.47. The molecule has 2 unspecified atom stereocenters. The van der Waals surface area contributed by atoms with Crippen LogP contribution >= 0.6 is 0 Å². The van der Waals surface area contributed by atoms with Gasteiger partial charge in [0, 0.05) is 6.04 Å². The first kappa shape index (κ1) is 10.5. The lowest BCUT2D eigenvalue weighted by Gasteiger charge is -2.34. The number of hydrogen-bond donors (Lipinski definition) is 2. The van der Waals surface area contributed by atoms with Gasteiger partial charge in [-0.3, -0.25) is 4.79 Å². The first-order valence-corrected chi connectivity index (χ1v) is 5.22. The van der Waals surface area contributed by atoms with Crippen LogP contribution in [0.4, 0.5) is 0 Å². The van der Waals surface area contributed by atoms with Gasteiger partial charge in [0.2, 0.25) is 0 Å². The fraction of sp³-hybridized carbons (Fsp3) is 0.900. The molecule has 0 aromatic heterocycles. The highest BCUT2D eigenvalue weighted by Crippen LogP contribution is 2.27. The molecule has 0 aromatic rings. The van der Waals surface area contributed by atoms with Crippen LogP contribution in [0.15, 0.2) is 0 Å². The number of hydrogen-bond acceptors (Lipinski definition) is 2. The van der Waals surface area contributed by atoms with Crippen molar-refractivity contribution in [3.8, 4) is 0 Å².